The van der Waals surface area contributed by atoms with Gasteiger partial charge in [-0.15, -0.1) is 0 Å². The highest BCUT2D eigenvalue weighted by Gasteiger charge is 2.15. The summed E-state index contributed by atoms with van der Waals surface area (Å²) in [6.45, 7) is 0. The zero-order valence-electron chi connectivity index (χ0n) is 7.71. The fourth-order valence-electron chi connectivity index (χ4n) is 0.803. The number of carbonyl (C=O) groups excluding carboxylic acids is 1. The number of nitrogens with one attached hydrogen (secondary N) is 1. The molecule has 0 fully saturated rings. The van der Waals surface area contributed by atoms with E-state index in [-0.39, 0.29) is 20.8 Å². The standard InChI is InChI=1S/C7H3Cl4NO4S/c8-3-1-5(10)6(2-4(3)9)16-7(13)12-17(11,14)15/h1-2H,(H,12,13). The van der Waals surface area contributed by atoms with Gasteiger partial charge in [0.2, 0.25) is 0 Å². The van der Waals surface area contributed by atoms with Gasteiger partial charge in [-0.05, 0) is 6.07 Å². The molecule has 17 heavy (non-hydrogen) atoms. The smallest absolute Gasteiger partial charge is 0.408 e. The number of benzene rings is 1. The summed E-state index contributed by atoms with van der Waals surface area (Å²) in [5.74, 6) is -0.154. The highest BCUT2D eigenvalue weighted by Crippen LogP contribution is 2.33. The number of hydrogen-bond donors (Lipinski definition) is 1. The van der Waals surface area contributed by atoms with Crippen molar-refractivity contribution in [3.05, 3.63) is 27.2 Å². The molecule has 0 bridgehead atoms. The third kappa shape index (κ3) is 4.77. The van der Waals surface area contributed by atoms with Crippen LogP contribution in [0.25, 0.3) is 0 Å². The van der Waals surface area contributed by atoms with Crippen molar-refractivity contribution in [2.24, 2.45) is 0 Å². The van der Waals surface area contributed by atoms with Crippen LogP contribution in [0.5, 0.6) is 5.75 Å². The highest BCUT2D eigenvalue weighted by molar-refractivity contribution is 8.12. The second-order valence-corrected chi connectivity index (χ2v) is 6.15. The summed E-state index contributed by atoms with van der Waals surface area (Å²) >= 11 is 17.0. The summed E-state index contributed by atoms with van der Waals surface area (Å²) in [5.41, 5.74) is 0. The normalized spacial score (nSPS) is 11.1. The topological polar surface area (TPSA) is 72.5 Å². The molecule has 1 N–H and O–H groups in total. The first-order chi connectivity index (χ1) is 7.69. The van der Waals surface area contributed by atoms with E-state index in [9.17, 15) is 13.2 Å². The Bertz CT molecular complexity index is 559. The van der Waals surface area contributed by atoms with Gasteiger partial charge in [-0.1, -0.05) is 34.8 Å². The largest absolute Gasteiger partial charge is 0.427 e. The SMILES string of the molecule is O=C(NS(=O)(=O)Cl)Oc1cc(Cl)c(Cl)cc1Cl. The van der Waals surface area contributed by atoms with Crippen molar-refractivity contribution in [1.82, 2.24) is 4.72 Å². The minimum atomic E-state index is -4.23. The third-order valence-electron chi connectivity index (χ3n) is 1.38. The Kier molecular flexibility index (Phi) is 4.74. The molecule has 0 saturated heterocycles. The van der Waals surface area contributed by atoms with Crippen LogP contribution >= 0.6 is 45.5 Å². The Morgan fingerprint density at radius 3 is 2.18 bits per heavy atom. The summed E-state index contributed by atoms with van der Waals surface area (Å²) in [4.78, 5) is 11.0. The van der Waals surface area contributed by atoms with Crippen LogP contribution in [0.3, 0.4) is 0 Å². The van der Waals surface area contributed by atoms with Gasteiger partial charge in [0.15, 0.2) is 5.75 Å². The first-order valence-electron chi connectivity index (χ1n) is 3.78. The van der Waals surface area contributed by atoms with Crippen molar-refractivity contribution in [2.75, 3.05) is 0 Å². The molecule has 0 atom stereocenters. The summed E-state index contributed by atoms with van der Waals surface area (Å²) in [7, 11) is 0.542. The summed E-state index contributed by atoms with van der Waals surface area (Å²) in [6, 6.07) is 2.40. The minimum absolute atomic E-state index is 0.0125. The Balaban J connectivity index is 2.89. The number of carbonyl (C=O) groups is 1. The molecular formula is C7H3Cl4NO4S. The monoisotopic (exact) mass is 337 g/mol. The molecule has 0 aromatic heterocycles. The van der Waals surface area contributed by atoms with Crippen molar-refractivity contribution in [2.45, 2.75) is 0 Å². The Morgan fingerprint density at radius 1 is 1.12 bits per heavy atom. The first-order valence-corrected chi connectivity index (χ1v) is 7.22. The van der Waals surface area contributed by atoms with E-state index in [4.69, 9.17) is 45.5 Å². The van der Waals surface area contributed by atoms with Crippen LogP contribution in [0.1, 0.15) is 0 Å². The van der Waals surface area contributed by atoms with Gasteiger partial charge in [0.25, 0.3) is 0 Å². The van der Waals surface area contributed by atoms with Gasteiger partial charge < -0.3 is 4.74 Å². The zero-order chi connectivity index (χ0) is 13.2. The summed E-state index contributed by atoms with van der Waals surface area (Å²) in [6.07, 6.45) is -1.32. The maximum absolute atomic E-state index is 11.0. The van der Waals surface area contributed by atoms with Gasteiger partial charge in [-0.25, -0.2) is 9.52 Å². The molecule has 1 rings (SSSR count). The lowest BCUT2D eigenvalue weighted by molar-refractivity contribution is 0.207. The van der Waals surface area contributed by atoms with Crippen molar-refractivity contribution < 1.29 is 17.9 Å². The maximum Gasteiger partial charge on any atom is 0.427 e. The lowest BCUT2D eigenvalue weighted by atomic mass is 10.3. The second kappa shape index (κ2) is 5.49. The molecule has 1 aromatic rings. The molecule has 0 heterocycles. The van der Waals surface area contributed by atoms with Gasteiger partial charge in [0, 0.05) is 16.7 Å². The van der Waals surface area contributed by atoms with Crippen LogP contribution in [0.15, 0.2) is 12.1 Å². The quantitative estimate of drug-likeness (QED) is 0.663. The van der Waals surface area contributed by atoms with Crippen LogP contribution in [-0.4, -0.2) is 14.5 Å². The van der Waals surface area contributed by atoms with Crippen LogP contribution in [0.4, 0.5) is 4.79 Å². The first kappa shape index (κ1) is 14.7. The van der Waals surface area contributed by atoms with Gasteiger partial charge in [0.1, 0.15) is 0 Å². The van der Waals surface area contributed by atoms with Crippen LogP contribution in [0.2, 0.25) is 15.1 Å². The van der Waals surface area contributed by atoms with E-state index in [1.54, 1.807) is 0 Å². The Hall–Kier alpha value is -0.400. The molecular weight excluding hydrogens is 336 g/mol. The molecule has 94 valence electrons. The number of halogens is 4. The van der Waals surface area contributed by atoms with Gasteiger partial charge >= 0.3 is 15.3 Å². The van der Waals surface area contributed by atoms with Crippen molar-refractivity contribution in [3.8, 4) is 5.75 Å². The van der Waals surface area contributed by atoms with E-state index in [0.717, 1.165) is 6.07 Å². The van der Waals surface area contributed by atoms with Crippen molar-refractivity contribution in [1.29, 1.82) is 0 Å². The molecule has 1 aromatic carbocycles. The molecule has 0 aliphatic heterocycles. The second-order valence-electron chi connectivity index (χ2n) is 2.63. The zero-order valence-corrected chi connectivity index (χ0v) is 11.5. The van der Waals surface area contributed by atoms with Crippen molar-refractivity contribution in [3.63, 3.8) is 0 Å². The van der Waals surface area contributed by atoms with Gasteiger partial charge in [0.05, 0.1) is 15.1 Å². The van der Waals surface area contributed by atoms with E-state index in [0.29, 0.717) is 0 Å². The van der Waals surface area contributed by atoms with E-state index >= 15 is 0 Å². The van der Waals surface area contributed by atoms with Crippen molar-refractivity contribution >= 4 is 60.8 Å². The summed E-state index contributed by atoms with van der Waals surface area (Å²) < 4.78 is 27.0. The van der Waals surface area contributed by atoms with Gasteiger partial charge in [-0.2, -0.15) is 8.42 Å². The van der Waals surface area contributed by atoms with Crippen LogP contribution < -0.4 is 9.46 Å². The van der Waals surface area contributed by atoms with E-state index in [2.05, 4.69) is 4.74 Å². The number of ether oxygens (including phenoxy) is 1. The van der Waals surface area contributed by atoms with Crippen LogP contribution in [-0.2, 0) is 9.24 Å². The molecule has 0 aliphatic rings. The molecule has 1 amide bonds. The predicted octanol–water partition coefficient (Wildman–Crippen LogP) is 3.22. The molecule has 10 heteroatoms. The number of rotatable bonds is 2. The van der Waals surface area contributed by atoms with E-state index in [1.807, 2.05) is 0 Å². The fraction of sp³-hybridized carbons (Fsp3) is 0. The molecule has 0 unspecified atom stereocenters. The molecule has 0 radical (unpaired) electrons. The van der Waals surface area contributed by atoms with Gasteiger partial charge in [-0.3, -0.25) is 0 Å². The number of amides is 1. The van der Waals surface area contributed by atoms with E-state index in [1.165, 1.54) is 10.8 Å². The average Bonchev–Trinajstić information content (AvgIpc) is 2.11. The summed E-state index contributed by atoms with van der Waals surface area (Å²) in [5, 5.41) is 0.239. The lowest BCUT2D eigenvalue weighted by Crippen LogP contribution is -2.29. The molecule has 0 spiro atoms. The predicted molar refractivity (Wildman–Crippen MR) is 65.4 cm³/mol. The minimum Gasteiger partial charge on any atom is -0.408 e. The van der Waals surface area contributed by atoms with Crippen LogP contribution in [0, 0.1) is 0 Å². The fourth-order valence-corrected chi connectivity index (χ4v) is 1.81. The third-order valence-corrected chi connectivity index (χ3v) is 3.04. The Morgan fingerprint density at radius 2 is 1.65 bits per heavy atom. The molecule has 0 aliphatic carbocycles. The maximum atomic E-state index is 11.0. The number of hydrogen-bond acceptors (Lipinski definition) is 4. The Labute approximate surface area is 116 Å². The van der Waals surface area contributed by atoms with E-state index < -0.39 is 15.3 Å². The highest BCUT2D eigenvalue weighted by atomic mass is 35.7. The average molecular weight is 339 g/mol. The molecule has 0 saturated carbocycles. The molecule has 5 nitrogen and oxygen atoms in total. The lowest BCUT2D eigenvalue weighted by Gasteiger charge is -2.07.